The highest BCUT2D eigenvalue weighted by Crippen LogP contribution is 2.22. The lowest BCUT2D eigenvalue weighted by Gasteiger charge is -2.08. The normalized spacial score (nSPS) is 10.4. The summed E-state index contributed by atoms with van der Waals surface area (Å²) in [5, 5.41) is 2.86. The number of anilines is 1. The van der Waals surface area contributed by atoms with Crippen molar-refractivity contribution in [1.82, 2.24) is 0 Å². The van der Waals surface area contributed by atoms with Crippen molar-refractivity contribution in [1.29, 1.82) is 0 Å². The molecule has 3 aromatic carbocycles. The zero-order chi connectivity index (χ0) is 21.2. The van der Waals surface area contributed by atoms with E-state index in [1.54, 1.807) is 36.0 Å². The molecule has 0 unspecified atom stereocenters. The molecule has 3 aromatic rings. The second-order valence-corrected chi connectivity index (χ2v) is 7.87. The fourth-order valence-electron chi connectivity index (χ4n) is 2.72. The van der Waals surface area contributed by atoms with Crippen LogP contribution in [0.4, 0.5) is 5.69 Å². The summed E-state index contributed by atoms with van der Waals surface area (Å²) >= 11 is 1.76. The number of hydrogen-bond donors (Lipinski definition) is 1. The maximum atomic E-state index is 12.5. The van der Waals surface area contributed by atoms with Crippen LogP contribution in [0.15, 0.2) is 83.8 Å². The van der Waals surface area contributed by atoms with Crippen LogP contribution in [0.1, 0.15) is 46.0 Å². The number of carbonyl (C=O) groups excluding carboxylic acids is 2. The van der Waals surface area contributed by atoms with Gasteiger partial charge in [-0.2, -0.15) is 0 Å². The summed E-state index contributed by atoms with van der Waals surface area (Å²) in [7, 11) is 0. The summed E-state index contributed by atoms with van der Waals surface area (Å²) in [5.74, 6) is 0.322. The lowest BCUT2D eigenvalue weighted by Crippen LogP contribution is -2.12. The monoisotopic (exact) mass is 419 g/mol. The van der Waals surface area contributed by atoms with Gasteiger partial charge in [0.1, 0.15) is 0 Å². The Morgan fingerprint density at radius 1 is 0.867 bits per heavy atom. The van der Waals surface area contributed by atoms with E-state index in [1.807, 2.05) is 49.4 Å². The molecule has 1 N–H and O–H groups in total. The largest absolute Gasteiger partial charge is 0.462 e. The highest BCUT2D eigenvalue weighted by Gasteiger charge is 2.09. The van der Waals surface area contributed by atoms with Gasteiger partial charge in [0.25, 0.3) is 5.91 Å². The van der Waals surface area contributed by atoms with Crippen molar-refractivity contribution in [3.63, 3.8) is 0 Å². The van der Waals surface area contributed by atoms with Gasteiger partial charge in [-0.25, -0.2) is 4.79 Å². The van der Waals surface area contributed by atoms with Crippen LogP contribution in [0, 0.1) is 0 Å². The van der Waals surface area contributed by atoms with Crippen LogP contribution in [0.5, 0.6) is 0 Å². The van der Waals surface area contributed by atoms with Crippen LogP contribution in [0.25, 0.3) is 0 Å². The minimum atomic E-state index is -0.342. The zero-order valence-corrected chi connectivity index (χ0v) is 17.8. The Balaban J connectivity index is 1.52. The van der Waals surface area contributed by atoms with Gasteiger partial charge in [0.05, 0.1) is 12.2 Å². The molecule has 0 heterocycles. The zero-order valence-electron chi connectivity index (χ0n) is 17.0. The van der Waals surface area contributed by atoms with Crippen molar-refractivity contribution in [3.05, 3.63) is 95.6 Å². The average Bonchev–Trinajstić information content (AvgIpc) is 2.79. The van der Waals surface area contributed by atoms with Crippen LogP contribution >= 0.6 is 11.8 Å². The molecule has 0 saturated carbocycles. The van der Waals surface area contributed by atoms with Gasteiger partial charge >= 0.3 is 5.97 Å². The van der Waals surface area contributed by atoms with Crippen molar-refractivity contribution >= 4 is 29.3 Å². The van der Waals surface area contributed by atoms with Crippen LogP contribution in [0.3, 0.4) is 0 Å². The third-order valence-electron chi connectivity index (χ3n) is 4.47. The number of thioether (sulfide) groups is 1. The maximum Gasteiger partial charge on any atom is 0.338 e. The van der Waals surface area contributed by atoms with Gasteiger partial charge in [-0.15, -0.1) is 11.8 Å². The molecule has 0 aliphatic heterocycles. The number of rotatable bonds is 9. The van der Waals surface area contributed by atoms with Crippen LogP contribution < -0.4 is 5.32 Å². The summed E-state index contributed by atoms with van der Waals surface area (Å²) in [6.07, 6.45) is 1.83. The summed E-state index contributed by atoms with van der Waals surface area (Å²) in [4.78, 5) is 25.6. The smallest absolute Gasteiger partial charge is 0.338 e. The Hall–Kier alpha value is -3.05. The number of nitrogens with one attached hydrogen (secondary N) is 1. The summed E-state index contributed by atoms with van der Waals surface area (Å²) in [5.41, 5.74) is 2.86. The molecule has 1 amide bonds. The minimum absolute atomic E-state index is 0.185. The molecule has 0 aliphatic rings. The number of benzene rings is 3. The second kappa shape index (κ2) is 11.2. The Kier molecular flexibility index (Phi) is 8.10. The number of hydrogen-bond acceptors (Lipinski definition) is 4. The van der Waals surface area contributed by atoms with Crippen molar-refractivity contribution in [2.75, 3.05) is 11.9 Å². The Morgan fingerprint density at radius 3 is 2.20 bits per heavy atom. The van der Waals surface area contributed by atoms with Gasteiger partial charge in [-0.1, -0.05) is 43.7 Å². The predicted molar refractivity (Wildman–Crippen MR) is 122 cm³/mol. The highest BCUT2D eigenvalue weighted by molar-refractivity contribution is 7.98. The van der Waals surface area contributed by atoms with E-state index in [0.29, 0.717) is 23.4 Å². The van der Waals surface area contributed by atoms with E-state index in [1.165, 1.54) is 4.90 Å². The summed E-state index contributed by atoms with van der Waals surface area (Å²) < 4.78 is 5.19. The van der Waals surface area contributed by atoms with Gasteiger partial charge in [0.15, 0.2) is 0 Å². The lowest BCUT2D eigenvalue weighted by atomic mass is 10.1. The second-order valence-electron chi connectivity index (χ2n) is 6.82. The quantitative estimate of drug-likeness (QED) is 0.255. The number of esters is 1. The Bertz CT molecular complexity index is 954. The maximum absolute atomic E-state index is 12.5. The molecule has 0 aromatic heterocycles. The number of ether oxygens (including phenoxy) is 1. The molecule has 0 saturated heterocycles. The van der Waals surface area contributed by atoms with Gasteiger partial charge < -0.3 is 10.1 Å². The van der Waals surface area contributed by atoms with E-state index >= 15 is 0 Å². The fourth-order valence-corrected chi connectivity index (χ4v) is 3.60. The molecule has 154 valence electrons. The third kappa shape index (κ3) is 6.49. The van der Waals surface area contributed by atoms with Gasteiger partial charge in [-0.05, 0) is 60.5 Å². The standard InChI is InChI=1S/C25H25NO3S/c1-2-3-17-29-25(28)21-13-15-22(16-14-21)26-24(27)20-11-9-19(10-12-20)18-30-23-7-5-4-6-8-23/h4-16H,2-3,17-18H2,1H3,(H,26,27). The molecule has 0 aliphatic carbocycles. The molecule has 0 radical (unpaired) electrons. The van der Waals surface area contributed by atoms with E-state index in [-0.39, 0.29) is 11.9 Å². The van der Waals surface area contributed by atoms with Gasteiger partial charge in [0.2, 0.25) is 0 Å². The molecule has 0 spiro atoms. The summed E-state index contributed by atoms with van der Waals surface area (Å²) in [6, 6.07) is 24.6. The summed E-state index contributed by atoms with van der Waals surface area (Å²) in [6.45, 7) is 2.47. The topological polar surface area (TPSA) is 55.4 Å². The van der Waals surface area contributed by atoms with E-state index < -0.39 is 0 Å². The Morgan fingerprint density at radius 2 is 1.53 bits per heavy atom. The van der Waals surface area contributed by atoms with Crippen LogP contribution in [0.2, 0.25) is 0 Å². The van der Waals surface area contributed by atoms with Crippen LogP contribution in [-0.4, -0.2) is 18.5 Å². The number of unbranched alkanes of at least 4 members (excludes halogenated alkanes) is 1. The molecular weight excluding hydrogens is 394 g/mol. The molecule has 5 heteroatoms. The lowest BCUT2D eigenvalue weighted by molar-refractivity contribution is 0.0499. The molecule has 4 nitrogen and oxygen atoms in total. The first kappa shape index (κ1) is 21.7. The third-order valence-corrected chi connectivity index (χ3v) is 5.56. The van der Waals surface area contributed by atoms with Gasteiger partial charge in [-0.3, -0.25) is 4.79 Å². The SMILES string of the molecule is CCCCOC(=O)c1ccc(NC(=O)c2ccc(CSc3ccccc3)cc2)cc1. The first-order valence-electron chi connectivity index (χ1n) is 10.0. The molecule has 0 fully saturated rings. The van der Waals surface area contributed by atoms with Crippen molar-refractivity contribution < 1.29 is 14.3 Å². The first-order chi connectivity index (χ1) is 14.7. The molecule has 3 rings (SSSR count). The van der Waals surface area contributed by atoms with Crippen molar-refractivity contribution in [2.24, 2.45) is 0 Å². The molecule has 0 atom stereocenters. The van der Waals surface area contributed by atoms with Crippen molar-refractivity contribution in [2.45, 2.75) is 30.4 Å². The van der Waals surface area contributed by atoms with Crippen LogP contribution in [-0.2, 0) is 10.5 Å². The van der Waals surface area contributed by atoms with Crippen molar-refractivity contribution in [3.8, 4) is 0 Å². The minimum Gasteiger partial charge on any atom is -0.462 e. The van der Waals surface area contributed by atoms with E-state index in [0.717, 1.165) is 24.2 Å². The highest BCUT2D eigenvalue weighted by atomic mass is 32.2. The molecule has 30 heavy (non-hydrogen) atoms. The van der Waals surface area contributed by atoms with E-state index in [4.69, 9.17) is 4.74 Å². The molecular formula is C25H25NO3S. The Labute approximate surface area is 181 Å². The first-order valence-corrected chi connectivity index (χ1v) is 11.0. The number of amides is 1. The van der Waals surface area contributed by atoms with Gasteiger partial charge in [0, 0.05) is 21.9 Å². The molecule has 0 bridgehead atoms. The van der Waals surface area contributed by atoms with E-state index in [9.17, 15) is 9.59 Å². The average molecular weight is 420 g/mol. The predicted octanol–water partition coefficient (Wildman–Crippen LogP) is 6.19. The fraction of sp³-hybridized carbons (Fsp3) is 0.200. The number of carbonyl (C=O) groups is 2. The van der Waals surface area contributed by atoms with E-state index in [2.05, 4.69) is 17.4 Å².